The number of thioether (sulfide) groups is 1. The second kappa shape index (κ2) is 13.5. The molecule has 1 aliphatic rings. The number of benzene rings is 1. The summed E-state index contributed by atoms with van der Waals surface area (Å²) in [5.41, 5.74) is 8.89. The van der Waals surface area contributed by atoms with E-state index in [-0.39, 0.29) is 51.0 Å². The number of amides is 1. The fourth-order valence-corrected chi connectivity index (χ4v) is 7.61. The molecule has 10 nitrogen and oxygen atoms in total. The maximum Gasteiger partial charge on any atom is 0.225 e. The van der Waals surface area contributed by atoms with Gasteiger partial charge in [-0.1, -0.05) is 20.8 Å². The van der Waals surface area contributed by atoms with Crippen LogP contribution in [0.1, 0.15) is 60.7 Å². The summed E-state index contributed by atoms with van der Waals surface area (Å²) >= 11 is 2.68. The van der Waals surface area contributed by atoms with Crippen LogP contribution in [0.5, 0.6) is 17.2 Å². The molecule has 0 radical (unpaired) electrons. The number of nitriles is 3. The zero-order chi connectivity index (χ0) is 32.2. The molecule has 12 heteroatoms. The highest BCUT2D eigenvalue weighted by atomic mass is 32.2. The minimum absolute atomic E-state index is 0.0392. The Balaban J connectivity index is 1.57. The topological polar surface area (TPSA) is 167 Å². The van der Waals surface area contributed by atoms with Crippen molar-refractivity contribution in [3.8, 4) is 46.6 Å². The van der Waals surface area contributed by atoms with Crippen molar-refractivity contribution in [3.63, 3.8) is 0 Å². The first kappa shape index (κ1) is 32.5. The van der Waals surface area contributed by atoms with E-state index < -0.39 is 0 Å². The third kappa shape index (κ3) is 6.40. The number of fused-ring (bicyclic) bond motifs is 1. The molecule has 0 bridgehead atoms. The minimum Gasteiger partial charge on any atom is -0.493 e. The van der Waals surface area contributed by atoms with E-state index >= 15 is 0 Å². The number of nitrogens with one attached hydrogen (secondary N) is 1. The van der Waals surface area contributed by atoms with Gasteiger partial charge in [-0.25, -0.2) is 4.98 Å². The van der Waals surface area contributed by atoms with Crippen LogP contribution in [0.25, 0.3) is 11.1 Å². The lowest BCUT2D eigenvalue weighted by atomic mass is 9.72. The number of methoxy groups -OCH3 is 3. The van der Waals surface area contributed by atoms with Gasteiger partial charge in [0.1, 0.15) is 39.6 Å². The second-order valence-corrected chi connectivity index (χ2v) is 13.5. The molecule has 0 saturated heterocycles. The van der Waals surface area contributed by atoms with Crippen LogP contribution < -0.4 is 25.3 Å². The summed E-state index contributed by atoms with van der Waals surface area (Å²) in [5, 5.41) is 33.8. The number of ether oxygens (including phenoxy) is 3. The Bertz CT molecular complexity index is 1700. The van der Waals surface area contributed by atoms with Crippen LogP contribution >= 0.6 is 23.1 Å². The molecule has 1 aliphatic carbocycles. The van der Waals surface area contributed by atoms with Gasteiger partial charge in [0.25, 0.3) is 0 Å². The van der Waals surface area contributed by atoms with Gasteiger partial charge in [0.05, 0.1) is 32.5 Å². The average Bonchev–Trinajstić information content (AvgIpc) is 3.35. The van der Waals surface area contributed by atoms with Gasteiger partial charge >= 0.3 is 0 Å². The van der Waals surface area contributed by atoms with Crippen molar-refractivity contribution in [3.05, 3.63) is 39.3 Å². The molecule has 1 aromatic carbocycles. The van der Waals surface area contributed by atoms with Crippen LogP contribution in [-0.2, 0) is 17.6 Å². The molecule has 1 unspecified atom stereocenters. The van der Waals surface area contributed by atoms with Crippen LogP contribution in [0.15, 0.2) is 17.2 Å². The molecule has 3 aromatic rings. The van der Waals surface area contributed by atoms with E-state index in [0.29, 0.717) is 39.3 Å². The third-order valence-corrected chi connectivity index (χ3v) is 9.94. The predicted molar refractivity (Wildman–Crippen MR) is 171 cm³/mol. The summed E-state index contributed by atoms with van der Waals surface area (Å²) in [7, 11) is 4.42. The highest BCUT2D eigenvalue weighted by Crippen LogP contribution is 2.45. The van der Waals surface area contributed by atoms with Gasteiger partial charge in [-0.3, -0.25) is 4.79 Å². The van der Waals surface area contributed by atoms with Gasteiger partial charge < -0.3 is 25.3 Å². The van der Waals surface area contributed by atoms with Crippen LogP contribution in [0.4, 0.5) is 10.8 Å². The number of carbonyl (C=O) groups excluding carboxylic acids is 1. The fourth-order valence-electron chi connectivity index (χ4n) is 5.38. The van der Waals surface area contributed by atoms with Gasteiger partial charge in [0, 0.05) is 22.6 Å². The molecular weight excluding hydrogens is 597 g/mol. The first-order valence-electron chi connectivity index (χ1n) is 13.9. The monoisotopic (exact) mass is 630 g/mol. The Labute approximate surface area is 265 Å². The number of hydrogen-bond donors (Lipinski definition) is 2. The number of pyridine rings is 1. The van der Waals surface area contributed by atoms with Crippen molar-refractivity contribution < 1.29 is 19.0 Å². The summed E-state index contributed by atoms with van der Waals surface area (Å²) in [6.07, 6.45) is 2.86. The molecule has 1 amide bonds. The van der Waals surface area contributed by atoms with Crippen molar-refractivity contribution in [1.29, 1.82) is 15.8 Å². The van der Waals surface area contributed by atoms with E-state index in [0.717, 1.165) is 24.8 Å². The summed E-state index contributed by atoms with van der Waals surface area (Å²) < 4.78 is 16.3. The van der Waals surface area contributed by atoms with E-state index in [1.54, 1.807) is 12.1 Å². The lowest BCUT2D eigenvalue weighted by Crippen LogP contribution is -2.26. The summed E-state index contributed by atoms with van der Waals surface area (Å²) in [6, 6.07) is 9.80. The number of aromatic nitrogens is 1. The van der Waals surface area contributed by atoms with Crippen molar-refractivity contribution in [2.75, 3.05) is 38.1 Å². The molecule has 0 spiro atoms. The lowest BCUT2D eigenvalue weighted by Gasteiger charge is -2.33. The molecule has 3 N–H and O–H groups in total. The highest BCUT2D eigenvalue weighted by molar-refractivity contribution is 7.99. The van der Waals surface area contributed by atoms with Gasteiger partial charge in [-0.15, -0.1) is 23.1 Å². The third-order valence-electron chi connectivity index (χ3n) is 7.79. The molecular formula is C32H34N6O4S2. The highest BCUT2D eigenvalue weighted by Gasteiger charge is 2.32. The maximum absolute atomic E-state index is 13.0. The van der Waals surface area contributed by atoms with Crippen LogP contribution in [0.3, 0.4) is 0 Å². The van der Waals surface area contributed by atoms with Crippen molar-refractivity contribution in [2.45, 2.75) is 51.5 Å². The van der Waals surface area contributed by atoms with E-state index in [9.17, 15) is 20.6 Å². The molecule has 0 fully saturated rings. The van der Waals surface area contributed by atoms with Crippen LogP contribution in [0.2, 0.25) is 0 Å². The first-order chi connectivity index (χ1) is 21.0. The van der Waals surface area contributed by atoms with Crippen molar-refractivity contribution in [2.24, 2.45) is 11.3 Å². The molecule has 0 saturated carbocycles. The van der Waals surface area contributed by atoms with E-state index in [1.165, 1.54) is 49.3 Å². The summed E-state index contributed by atoms with van der Waals surface area (Å²) in [4.78, 5) is 18.5. The minimum atomic E-state index is -0.245. The largest absolute Gasteiger partial charge is 0.493 e. The Morgan fingerprint density at radius 3 is 2.25 bits per heavy atom. The Morgan fingerprint density at radius 2 is 1.70 bits per heavy atom. The number of nitrogen functional groups attached to an aromatic ring is 1. The van der Waals surface area contributed by atoms with Gasteiger partial charge in [-0.05, 0) is 53.9 Å². The fraction of sp³-hybridized carbons (Fsp3) is 0.406. The number of nitrogens with two attached hydrogens (primary N) is 1. The zero-order valence-electron chi connectivity index (χ0n) is 25.6. The number of nitrogens with zero attached hydrogens (tertiary/aromatic N) is 4. The predicted octanol–water partition coefficient (Wildman–Crippen LogP) is 6.31. The van der Waals surface area contributed by atoms with Gasteiger partial charge in [-0.2, -0.15) is 15.8 Å². The smallest absolute Gasteiger partial charge is 0.225 e. The summed E-state index contributed by atoms with van der Waals surface area (Å²) in [6.45, 7) is 6.72. The van der Waals surface area contributed by atoms with E-state index in [2.05, 4.69) is 49.3 Å². The SMILES string of the molecule is COc1cc(-c2c(C#N)c(N)nc(SCCC(=O)Nc3sc4c(c3C#N)CCC(C(C)(C)C)C4)c2C#N)cc(OC)c1OC. The standard InChI is InChI=1S/C32H34N6O4S2/c1-32(2,3)18-7-8-19-20(14-33)31(44-25(19)13-18)37-26(39)9-10-43-30-22(16-35)27(21(15-34)29(36)38-30)17-11-23(40-4)28(42-6)24(12-17)41-5/h11-12,18H,7-10,13H2,1-6H3,(H2,36,38)(H,37,39). The van der Waals surface area contributed by atoms with Gasteiger partial charge in [0.15, 0.2) is 11.5 Å². The Morgan fingerprint density at radius 1 is 1.07 bits per heavy atom. The molecule has 228 valence electrons. The van der Waals surface area contributed by atoms with Crippen molar-refractivity contribution >= 4 is 39.8 Å². The van der Waals surface area contributed by atoms with E-state index in [1.807, 2.05) is 0 Å². The molecule has 0 aliphatic heterocycles. The number of hydrogen-bond acceptors (Lipinski definition) is 11. The second-order valence-electron chi connectivity index (χ2n) is 11.3. The maximum atomic E-state index is 13.0. The first-order valence-corrected chi connectivity index (χ1v) is 15.7. The molecule has 2 aromatic heterocycles. The molecule has 1 atom stereocenters. The Kier molecular flexibility index (Phi) is 9.94. The molecule has 2 heterocycles. The average molecular weight is 631 g/mol. The van der Waals surface area contributed by atoms with Crippen LogP contribution in [0, 0.1) is 45.3 Å². The Hall–Kier alpha value is -4.44. The van der Waals surface area contributed by atoms with Crippen LogP contribution in [-0.4, -0.2) is 38.0 Å². The zero-order valence-corrected chi connectivity index (χ0v) is 27.2. The van der Waals surface area contributed by atoms with Gasteiger partial charge in [0.2, 0.25) is 11.7 Å². The van der Waals surface area contributed by atoms with E-state index in [4.69, 9.17) is 19.9 Å². The number of rotatable bonds is 9. The van der Waals surface area contributed by atoms with Crippen molar-refractivity contribution in [1.82, 2.24) is 4.98 Å². The number of thiophene rings is 1. The molecule has 44 heavy (non-hydrogen) atoms. The molecule has 4 rings (SSSR count). The number of anilines is 2. The summed E-state index contributed by atoms with van der Waals surface area (Å²) in [5.74, 6) is 1.56. The number of carbonyl (C=O) groups is 1. The quantitative estimate of drug-likeness (QED) is 0.256. The lowest BCUT2D eigenvalue weighted by molar-refractivity contribution is -0.115. The normalized spacial score (nSPS) is 14.0.